The standard InChI is InChI=1S/C10H18.C7H16.C3H8/c1-8(2)9-6-10(7-9)4-3-5-10;1-3-5-7-6-4-2;1-3-2/h8-9H,3-7H2,1-2H3;3-7H2,1-2H3;3H2,1-2H3. The van der Waals surface area contributed by atoms with Gasteiger partial charge in [-0.1, -0.05) is 86.5 Å². The van der Waals surface area contributed by atoms with Crippen molar-refractivity contribution >= 4 is 0 Å². The zero-order valence-corrected chi connectivity index (χ0v) is 15.4. The number of rotatable bonds is 5. The molecule has 0 N–H and O–H groups in total. The van der Waals surface area contributed by atoms with E-state index in [0.29, 0.717) is 0 Å². The van der Waals surface area contributed by atoms with Crippen LogP contribution in [0.1, 0.15) is 112 Å². The summed E-state index contributed by atoms with van der Waals surface area (Å²) in [6, 6.07) is 0. The maximum atomic E-state index is 2.37. The molecule has 0 saturated heterocycles. The van der Waals surface area contributed by atoms with E-state index in [1.54, 1.807) is 25.7 Å². The molecule has 0 atom stereocenters. The molecule has 1 spiro atoms. The van der Waals surface area contributed by atoms with Crippen molar-refractivity contribution < 1.29 is 0 Å². The Morgan fingerprint density at radius 3 is 1.55 bits per heavy atom. The van der Waals surface area contributed by atoms with Gasteiger partial charge in [0, 0.05) is 0 Å². The first-order chi connectivity index (χ1) is 9.55. The third-order valence-electron chi connectivity index (χ3n) is 4.95. The summed E-state index contributed by atoms with van der Waals surface area (Å²) < 4.78 is 0. The van der Waals surface area contributed by atoms with Crippen molar-refractivity contribution in [3.05, 3.63) is 0 Å². The zero-order valence-electron chi connectivity index (χ0n) is 15.4. The predicted molar refractivity (Wildman–Crippen MR) is 94.2 cm³/mol. The van der Waals surface area contributed by atoms with E-state index in [2.05, 4.69) is 41.5 Å². The third-order valence-corrected chi connectivity index (χ3v) is 4.95. The average Bonchev–Trinajstić information content (AvgIpc) is 2.27. The highest BCUT2D eigenvalue weighted by Gasteiger charge is 2.48. The summed E-state index contributed by atoms with van der Waals surface area (Å²) >= 11 is 0. The molecule has 20 heavy (non-hydrogen) atoms. The van der Waals surface area contributed by atoms with E-state index in [1.807, 2.05) is 0 Å². The van der Waals surface area contributed by atoms with Crippen molar-refractivity contribution in [2.45, 2.75) is 112 Å². The summed E-state index contributed by atoms with van der Waals surface area (Å²) in [6.45, 7) is 13.5. The lowest BCUT2D eigenvalue weighted by atomic mass is 9.50. The Morgan fingerprint density at radius 2 is 1.30 bits per heavy atom. The van der Waals surface area contributed by atoms with Crippen LogP contribution in [0.4, 0.5) is 0 Å². The lowest BCUT2D eigenvalue weighted by Gasteiger charge is -2.55. The van der Waals surface area contributed by atoms with Gasteiger partial charge < -0.3 is 0 Å². The highest BCUT2D eigenvalue weighted by atomic mass is 14.5. The molecule has 0 aliphatic heterocycles. The molecule has 0 nitrogen and oxygen atoms in total. The molecule has 0 aromatic rings. The van der Waals surface area contributed by atoms with Crippen molar-refractivity contribution in [3.8, 4) is 0 Å². The molecule has 2 aliphatic carbocycles. The fourth-order valence-corrected chi connectivity index (χ4v) is 3.29. The van der Waals surface area contributed by atoms with Crippen LogP contribution >= 0.6 is 0 Å². The first-order valence-corrected chi connectivity index (χ1v) is 9.55. The molecule has 0 heterocycles. The molecule has 0 radical (unpaired) electrons. The third kappa shape index (κ3) is 7.70. The first-order valence-electron chi connectivity index (χ1n) is 9.55. The maximum absolute atomic E-state index is 2.37. The Labute approximate surface area is 130 Å². The summed E-state index contributed by atoms with van der Waals surface area (Å²) in [4.78, 5) is 0. The summed E-state index contributed by atoms with van der Waals surface area (Å²) in [5, 5.41) is 0. The van der Waals surface area contributed by atoms with Gasteiger partial charge in [0.25, 0.3) is 0 Å². The molecule has 122 valence electrons. The molecule has 0 amide bonds. The second kappa shape index (κ2) is 11.6. The molecular formula is C20H42. The van der Waals surface area contributed by atoms with Crippen LogP contribution in [-0.4, -0.2) is 0 Å². The molecule has 0 heteroatoms. The van der Waals surface area contributed by atoms with Crippen molar-refractivity contribution in [3.63, 3.8) is 0 Å². The average molecular weight is 283 g/mol. The highest BCUT2D eigenvalue weighted by molar-refractivity contribution is 4.99. The molecule has 0 bridgehead atoms. The smallest absolute Gasteiger partial charge is 0.0292 e. The minimum Gasteiger partial charge on any atom is -0.0656 e. The molecule has 2 saturated carbocycles. The van der Waals surface area contributed by atoms with Crippen LogP contribution in [0.15, 0.2) is 0 Å². The summed E-state index contributed by atoms with van der Waals surface area (Å²) in [5.74, 6) is 2.03. The number of hydrogen-bond donors (Lipinski definition) is 0. The fourth-order valence-electron chi connectivity index (χ4n) is 3.29. The van der Waals surface area contributed by atoms with Gasteiger partial charge in [-0.2, -0.15) is 0 Å². The van der Waals surface area contributed by atoms with Gasteiger partial charge in [-0.25, -0.2) is 0 Å². The second-order valence-corrected chi connectivity index (χ2v) is 7.53. The Bertz CT molecular complexity index is 188. The topological polar surface area (TPSA) is 0 Å². The number of hydrogen-bond acceptors (Lipinski definition) is 0. The van der Waals surface area contributed by atoms with Crippen LogP contribution in [0.25, 0.3) is 0 Å². The van der Waals surface area contributed by atoms with Gasteiger partial charge in [-0.3, -0.25) is 0 Å². The SMILES string of the molecule is CC(C)C1CC2(CCC2)C1.CCC.CCCCCCC. The second-order valence-electron chi connectivity index (χ2n) is 7.53. The minimum atomic E-state index is 0.898. The zero-order chi connectivity index (χ0) is 15.4. The molecule has 2 rings (SSSR count). The molecule has 2 aliphatic rings. The monoisotopic (exact) mass is 282 g/mol. The van der Waals surface area contributed by atoms with E-state index in [1.165, 1.54) is 44.9 Å². The van der Waals surface area contributed by atoms with Gasteiger partial charge >= 0.3 is 0 Å². The van der Waals surface area contributed by atoms with Crippen LogP contribution in [-0.2, 0) is 0 Å². The fraction of sp³-hybridized carbons (Fsp3) is 1.00. The Kier molecular flexibility index (Phi) is 11.6. The van der Waals surface area contributed by atoms with Crippen LogP contribution in [0.5, 0.6) is 0 Å². The lowest BCUT2D eigenvalue weighted by molar-refractivity contribution is -0.0435. The van der Waals surface area contributed by atoms with Crippen molar-refractivity contribution in [2.75, 3.05) is 0 Å². The highest BCUT2D eigenvalue weighted by Crippen LogP contribution is 2.60. The van der Waals surface area contributed by atoms with Gasteiger partial charge in [0.15, 0.2) is 0 Å². The molecule has 2 fully saturated rings. The van der Waals surface area contributed by atoms with Gasteiger partial charge in [-0.05, 0) is 42.9 Å². The number of unbranched alkanes of at least 4 members (excludes halogenated alkanes) is 4. The van der Waals surface area contributed by atoms with Crippen LogP contribution in [0.3, 0.4) is 0 Å². The van der Waals surface area contributed by atoms with E-state index in [9.17, 15) is 0 Å². The summed E-state index contributed by atoms with van der Waals surface area (Å²) in [7, 11) is 0. The van der Waals surface area contributed by atoms with Crippen molar-refractivity contribution in [2.24, 2.45) is 17.3 Å². The van der Waals surface area contributed by atoms with Gasteiger partial charge in [0.2, 0.25) is 0 Å². The maximum Gasteiger partial charge on any atom is -0.0292 e. The van der Waals surface area contributed by atoms with E-state index >= 15 is 0 Å². The normalized spacial score (nSPS) is 19.4. The van der Waals surface area contributed by atoms with E-state index in [0.717, 1.165) is 17.3 Å². The van der Waals surface area contributed by atoms with E-state index in [-0.39, 0.29) is 0 Å². The quantitative estimate of drug-likeness (QED) is 0.455. The van der Waals surface area contributed by atoms with Gasteiger partial charge in [0.05, 0.1) is 0 Å². The molecule has 0 aromatic carbocycles. The Morgan fingerprint density at radius 1 is 0.850 bits per heavy atom. The summed E-state index contributed by atoms with van der Waals surface area (Å²) in [5.41, 5.74) is 0.898. The molecule has 0 aromatic heterocycles. The molecule has 0 unspecified atom stereocenters. The Hall–Kier alpha value is 0. The lowest BCUT2D eigenvalue weighted by Crippen LogP contribution is -2.44. The van der Waals surface area contributed by atoms with Crippen LogP contribution in [0, 0.1) is 17.3 Å². The minimum absolute atomic E-state index is 0.898. The van der Waals surface area contributed by atoms with E-state index in [4.69, 9.17) is 0 Å². The van der Waals surface area contributed by atoms with E-state index < -0.39 is 0 Å². The first kappa shape index (κ1) is 20.0. The van der Waals surface area contributed by atoms with Crippen molar-refractivity contribution in [1.82, 2.24) is 0 Å². The largest absolute Gasteiger partial charge is 0.0656 e. The van der Waals surface area contributed by atoms with Crippen molar-refractivity contribution in [1.29, 1.82) is 0 Å². The predicted octanol–water partition coefficient (Wildman–Crippen LogP) is 7.62. The Balaban J connectivity index is 0.000000319. The van der Waals surface area contributed by atoms with Crippen LogP contribution < -0.4 is 0 Å². The molecular weight excluding hydrogens is 240 g/mol. The van der Waals surface area contributed by atoms with Gasteiger partial charge in [-0.15, -0.1) is 0 Å². The van der Waals surface area contributed by atoms with Gasteiger partial charge in [0.1, 0.15) is 0 Å². The summed E-state index contributed by atoms with van der Waals surface area (Å²) in [6.07, 6.45) is 16.0. The van der Waals surface area contributed by atoms with Crippen LogP contribution in [0.2, 0.25) is 0 Å².